The van der Waals surface area contributed by atoms with Gasteiger partial charge in [-0.05, 0) is 36.5 Å². The Morgan fingerprint density at radius 1 is 1.33 bits per heavy atom. The summed E-state index contributed by atoms with van der Waals surface area (Å²) in [6.45, 7) is 1.21. The van der Waals surface area contributed by atoms with E-state index in [9.17, 15) is 4.79 Å². The van der Waals surface area contributed by atoms with Gasteiger partial charge in [0.15, 0.2) is 0 Å². The van der Waals surface area contributed by atoms with Crippen LogP contribution in [-0.2, 0) is 0 Å². The normalized spacial score (nSPS) is 10.0. The molecular weight excluding hydrogens is 248 g/mol. The van der Waals surface area contributed by atoms with Gasteiger partial charge in [-0.3, -0.25) is 4.79 Å². The minimum Gasteiger partial charge on any atom is -0.494 e. The minimum absolute atomic E-state index is 0.103. The smallest absolute Gasteiger partial charge is 0.248 e. The summed E-state index contributed by atoms with van der Waals surface area (Å²) in [7, 11) is 0. The third-order valence-electron chi connectivity index (χ3n) is 2.44. The molecule has 0 aliphatic carbocycles. The van der Waals surface area contributed by atoms with Crippen LogP contribution in [0.4, 0.5) is 0 Å². The zero-order chi connectivity index (χ0) is 12.8. The van der Waals surface area contributed by atoms with Gasteiger partial charge in [0.05, 0.1) is 18.3 Å². The van der Waals surface area contributed by atoms with Gasteiger partial charge in [0.1, 0.15) is 5.75 Å². The largest absolute Gasteiger partial charge is 0.494 e. The van der Waals surface area contributed by atoms with Gasteiger partial charge in [-0.25, -0.2) is 4.99 Å². The molecule has 2 aromatic rings. The lowest BCUT2D eigenvalue weighted by Crippen LogP contribution is -2.03. The summed E-state index contributed by atoms with van der Waals surface area (Å²) in [5.74, 6) is 0.779. The van der Waals surface area contributed by atoms with Gasteiger partial charge in [0, 0.05) is 23.4 Å². The number of nitrogens with one attached hydrogen (secondary N) is 1. The van der Waals surface area contributed by atoms with Gasteiger partial charge < -0.3 is 9.72 Å². The number of ether oxygens (including phenoxy) is 1. The molecular formula is C13H12N2O2S. The Balaban J connectivity index is 2.03. The minimum atomic E-state index is -0.103. The summed E-state index contributed by atoms with van der Waals surface area (Å²) in [5.41, 5.74) is 0.703. The van der Waals surface area contributed by atoms with Crippen LogP contribution in [0.15, 0.2) is 40.1 Å². The number of benzene rings is 1. The molecule has 0 aliphatic heterocycles. The predicted molar refractivity (Wildman–Crippen MR) is 74.6 cm³/mol. The van der Waals surface area contributed by atoms with Crippen molar-refractivity contribution in [1.82, 2.24) is 4.98 Å². The molecule has 18 heavy (non-hydrogen) atoms. The van der Waals surface area contributed by atoms with Crippen molar-refractivity contribution in [3.05, 3.63) is 40.7 Å². The quantitative estimate of drug-likeness (QED) is 0.510. The van der Waals surface area contributed by atoms with Gasteiger partial charge in [0.25, 0.3) is 0 Å². The van der Waals surface area contributed by atoms with E-state index in [2.05, 4.69) is 27.4 Å². The van der Waals surface area contributed by atoms with Crippen LogP contribution in [0, 0.1) is 0 Å². The molecule has 0 unspecified atom stereocenters. The number of pyridine rings is 1. The molecule has 1 aromatic heterocycles. The molecule has 4 nitrogen and oxygen atoms in total. The van der Waals surface area contributed by atoms with Crippen LogP contribution in [0.25, 0.3) is 10.9 Å². The molecule has 0 amide bonds. The lowest BCUT2D eigenvalue weighted by Gasteiger charge is -2.06. The first-order valence-electron chi connectivity index (χ1n) is 5.59. The maximum absolute atomic E-state index is 11.1. The molecule has 0 aliphatic rings. The van der Waals surface area contributed by atoms with E-state index in [-0.39, 0.29) is 5.56 Å². The first kappa shape index (κ1) is 12.5. The third kappa shape index (κ3) is 3.26. The summed E-state index contributed by atoms with van der Waals surface area (Å²) >= 11 is 4.47. The van der Waals surface area contributed by atoms with E-state index >= 15 is 0 Å². The summed E-state index contributed by atoms with van der Waals surface area (Å²) in [6, 6.07) is 8.84. The first-order chi connectivity index (χ1) is 8.79. The van der Waals surface area contributed by atoms with Gasteiger partial charge in [-0.15, -0.1) is 0 Å². The second kappa shape index (κ2) is 6.10. The van der Waals surface area contributed by atoms with Crippen molar-refractivity contribution in [3.8, 4) is 5.75 Å². The molecule has 2 rings (SSSR count). The van der Waals surface area contributed by atoms with E-state index in [0.29, 0.717) is 13.2 Å². The van der Waals surface area contributed by atoms with Crippen LogP contribution in [0.5, 0.6) is 5.75 Å². The Kier molecular flexibility index (Phi) is 4.23. The molecule has 0 atom stereocenters. The van der Waals surface area contributed by atoms with Gasteiger partial charge >= 0.3 is 0 Å². The average Bonchev–Trinajstić information content (AvgIpc) is 2.38. The second-order valence-corrected chi connectivity index (χ2v) is 3.93. The highest BCUT2D eigenvalue weighted by Crippen LogP contribution is 2.18. The monoisotopic (exact) mass is 260 g/mol. The maximum Gasteiger partial charge on any atom is 0.248 e. The molecule has 0 saturated carbocycles. The van der Waals surface area contributed by atoms with Crippen LogP contribution >= 0.6 is 12.2 Å². The van der Waals surface area contributed by atoms with Crippen LogP contribution in [-0.4, -0.2) is 23.3 Å². The SMILES string of the molecule is O=c1ccc2cc(OCCCN=C=S)ccc2[nH]1. The van der Waals surface area contributed by atoms with Crippen molar-refractivity contribution in [2.45, 2.75) is 6.42 Å². The Morgan fingerprint density at radius 2 is 2.22 bits per heavy atom. The van der Waals surface area contributed by atoms with Crippen LogP contribution < -0.4 is 10.3 Å². The molecule has 0 fully saturated rings. The number of hydrogen-bond acceptors (Lipinski definition) is 4. The average molecular weight is 260 g/mol. The molecule has 1 heterocycles. The fourth-order valence-corrected chi connectivity index (χ4v) is 1.69. The number of rotatable bonds is 5. The molecule has 0 radical (unpaired) electrons. The summed E-state index contributed by atoms with van der Waals surface area (Å²) < 4.78 is 5.58. The highest BCUT2D eigenvalue weighted by molar-refractivity contribution is 7.78. The van der Waals surface area contributed by atoms with Gasteiger partial charge in [-0.1, -0.05) is 0 Å². The van der Waals surface area contributed by atoms with Crippen molar-refractivity contribution < 1.29 is 4.74 Å². The predicted octanol–water partition coefficient (Wildman–Crippen LogP) is 2.40. The van der Waals surface area contributed by atoms with E-state index in [0.717, 1.165) is 23.1 Å². The second-order valence-electron chi connectivity index (χ2n) is 3.75. The zero-order valence-corrected chi connectivity index (χ0v) is 10.5. The lowest BCUT2D eigenvalue weighted by atomic mass is 10.2. The highest BCUT2D eigenvalue weighted by Gasteiger charge is 1.98. The van der Waals surface area contributed by atoms with E-state index in [1.807, 2.05) is 18.2 Å². The van der Waals surface area contributed by atoms with Crippen molar-refractivity contribution in [2.75, 3.05) is 13.2 Å². The number of fused-ring (bicyclic) bond motifs is 1. The number of aliphatic imine (C=N–C) groups is 1. The molecule has 0 bridgehead atoms. The number of aromatic amines is 1. The number of isothiocyanates is 1. The summed E-state index contributed by atoms with van der Waals surface area (Å²) in [4.78, 5) is 17.7. The van der Waals surface area contributed by atoms with E-state index < -0.39 is 0 Å². The molecule has 1 N–H and O–H groups in total. The topological polar surface area (TPSA) is 54.4 Å². The van der Waals surface area contributed by atoms with E-state index in [1.165, 1.54) is 6.07 Å². The van der Waals surface area contributed by atoms with Crippen LogP contribution in [0.1, 0.15) is 6.42 Å². The van der Waals surface area contributed by atoms with Crippen molar-refractivity contribution in [2.24, 2.45) is 4.99 Å². The molecule has 1 aromatic carbocycles. The third-order valence-corrected chi connectivity index (χ3v) is 2.57. The van der Waals surface area contributed by atoms with Crippen molar-refractivity contribution >= 4 is 28.3 Å². The highest BCUT2D eigenvalue weighted by atomic mass is 32.1. The first-order valence-corrected chi connectivity index (χ1v) is 6.00. The fraction of sp³-hybridized carbons (Fsp3) is 0.231. The maximum atomic E-state index is 11.1. The standard InChI is InChI=1S/C13H12N2O2S/c16-13-5-2-10-8-11(3-4-12(10)15-13)17-7-1-6-14-9-18/h2-5,8H,1,6-7H2,(H,15,16). The molecule has 92 valence electrons. The fourth-order valence-electron chi connectivity index (χ4n) is 1.60. The van der Waals surface area contributed by atoms with Crippen molar-refractivity contribution in [3.63, 3.8) is 0 Å². The van der Waals surface area contributed by atoms with Crippen LogP contribution in [0.2, 0.25) is 0 Å². The number of hydrogen-bond donors (Lipinski definition) is 1. The number of nitrogens with zero attached hydrogens (tertiary/aromatic N) is 1. The Hall–Kier alpha value is -1.97. The number of thiocarbonyl (C=S) groups is 1. The van der Waals surface area contributed by atoms with Crippen LogP contribution in [0.3, 0.4) is 0 Å². The Morgan fingerprint density at radius 3 is 3.06 bits per heavy atom. The lowest BCUT2D eigenvalue weighted by molar-refractivity contribution is 0.314. The molecule has 5 heteroatoms. The van der Waals surface area contributed by atoms with E-state index in [1.54, 1.807) is 6.07 Å². The molecule has 0 saturated heterocycles. The summed E-state index contributed by atoms with van der Waals surface area (Å²) in [5, 5.41) is 3.26. The van der Waals surface area contributed by atoms with Gasteiger partial charge in [0.2, 0.25) is 5.56 Å². The van der Waals surface area contributed by atoms with Crippen molar-refractivity contribution in [1.29, 1.82) is 0 Å². The number of H-pyrrole nitrogens is 1. The summed E-state index contributed by atoms with van der Waals surface area (Å²) in [6.07, 6.45) is 0.799. The van der Waals surface area contributed by atoms with Gasteiger partial charge in [-0.2, -0.15) is 0 Å². The molecule has 0 spiro atoms. The van der Waals surface area contributed by atoms with E-state index in [4.69, 9.17) is 4.74 Å². The zero-order valence-electron chi connectivity index (χ0n) is 9.68. The Bertz CT molecular complexity index is 645. The Labute approximate surface area is 109 Å². The number of aromatic nitrogens is 1.